The molecule has 0 aliphatic heterocycles. The first-order valence-corrected chi connectivity index (χ1v) is 9.68. The van der Waals surface area contributed by atoms with Gasteiger partial charge in [-0.3, -0.25) is 14.7 Å². The van der Waals surface area contributed by atoms with E-state index in [1.807, 2.05) is 6.07 Å². The van der Waals surface area contributed by atoms with E-state index < -0.39 is 4.92 Å². The fourth-order valence-electron chi connectivity index (χ4n) is 3.24. The number of hydrogen-bond donors (Lipinski definition) is 1. The minimum absolute atomic E-state index is 0.0461. The zero-order valence-corrected chi connectivity index (χ0v) is 15.2. The summed E-state index contributed by atoms with van der Waals surface area (Å²) in [5.41, 5.74) is 2.77. The van der Waals surface area contributed by atoms with E-state index >= 15 is 0 Å². The van der Waals surface area contributed by atoms with Gasteiger partial charge in [-0.15, -0.1) is 11.8 Å². The quantitative estimate of drug-likeness (QED) is 0.346. The number of aliphatic hydroxyl groups is 1. The van der Waals surface area contributed by atoms with Gasteiger partial charge in [0.1, 0.15) is 5.03 Å². The molecule has 0 atom stereocenters. The Kier molecular flexibility index (Phi) is 6.05. The minimum Gasteiger partial charge on any atom is -0.396 e. The third-order valence-corrected chi connectivity index (χ3v) is 5.58. The highest BCUT2D eigenvalue weighted by molar-refractivity contribution is 7.98. The molecule has 1 heterocycles. The van der Waals surface area contributed by atoms with Gasteiger partial charge in [0, 0.05) is 42.3 Å². The summed E-state index contributed by atoms with van der Waals surface area (Å²) in [4.78, 5) is 27.2. The third kappa shape index (κ3) is 4.13. The van der Waals surface area contributed by atoms with E-state index in [1.54, 1.807) is 16.7 Å². The Morgan fingerprint density at radius 1 is 1.31 bits per heavy atom. The predicted molar refractivity (Wildman–Crippen MR) is 99.5 cm³/mol. The lowest BCUT2D eigenvalue weighted by atomic mass is 9.97. The van der Waals surface area contributed by atoms with E-state index in [-0.39, 0.29) is 18.0 Å². The molecule has 7 nitrogen and oxygen atoms in total. The number of fused-ring (bicyclic) bond motifs is 1. The number of nitro groups is 1. The van der Waals surface area contributed by atoms with Crippen molar-refractivity contribution in [2.24, 2.45) is 0 Å². The molecule has 0 saturated heterocycles. The molecule has 0 fully saturated rings. The van der Waals surface area contributed by atoms with Crippen LogP contribution in [0, 0.1) is 10.1 Å². The number of hydrogen-bond acceptors (Lipinski definition) is 6. The summed E-state index contributed by atoms with van der Waals surface area (Å²) >= 11 is 1.46. The van der Waals surface area contributed by atoms with Crippen molar-refractivity contribution in [2.45, 2.75) is 49.4 Å². The van der Waals surface area contributed by atoms with Crippen LogP contribution in [0.3, 0.4) is 0 Å². The molecule has 138 valence electrons. The Labute approximate surface area is 155 Å². The van der Waals surface area contributed by atoms with Crippen LogP contribution in [0.4, 0.5) is 5.69 Å². The van der Waals surface area contributed by atoms with Crippen LogP contribution in [0.1, 0.15) is 36.1 Å². The molecule has 0 spiro atoms. The monoisotopic (exact) mass is 375 g/mol. The number of rotatable bonds is 7. The molecule has 3 rings (SSSR count). The topological polar surface area (TPSA) is 98.3 Å². The van der Waals surface area contributed by atoms with Gasteiger partial charge in [0.05, 0.1) is 4.92 Å². The molecule has 1 aromatic carbocycles. The lowest BCUT2D eigenvalue weighted by Crippen LogP contribution is -2.30. The van der Waals surface area contributed by atoms with Crippen molar-refractivity contribution in [1.29, 1.82) is 0 Å². The van der Waals surface area contributed by atoms with Gasteiger partial charge in [-0.2, -0.15) is 4.98 Å². The number of non-ortho nitro benzene ring substituents is 1. The van der Waals surface area contributed by atoms with Gasteiger partial charge in [0.15, 0.2) is 0 Å². The van der Waals surface area contributed by atoms with Crippen molar-refractivity contribution in [3.05, 3.63) is 61.7 Å². The molecular weight excluding hydrogens is 354 g/mol. The molecule has 26 heavy (non-hydrogen) atoms. The number of benzene rings is 1. The Bertz CT molecular complexity index is 866. The van der Waals surface area contributed by atoms with Crippen LogP contribution >= 0.6 is 11.8 Å². The largest absolute Gasteiger partial charge is 0.396 e. The molecule has 0 radical (unpaired) electrons. The van der Waals surface area contributed by atoms with Crippen molar-refractivity contribution < 1.29 is 10.0 Å². The molecule has 0 amide bonds. The molecule has 0 bridgehead atoms. The first-order valence-electron chi connectivity index (χ1n) is 8.69. The van der Waals surface area contributed by atoms with Crippen molar-refractivity contribution in [3.63, 3.8) is 0 Å². The van der Waals surface area contributed by atoms with Crippen molar-refractivity contribution in [3.8, 4) is 0 Å². The Balaban J connectivity index is 1.86. The van der Waals surface area contributed by atoms with Crippen LogP contribution in [0.2, 0.25) is 0 Å². The SMILES string of the molecule is O=c1nc(SCc2cccc([N+](=O)[O-])c2)c2c(n1CCCO)CCCC2. The summed E-state index contributed by atoms with van der Waals surface area (Å²) in [7, 11) is 0. The van der Waals surface area contributed by atoms with Crippen LogP contribution in [-0.4, -0.2) is 26.2 Å². The average Bonchev–Trinajstić information content (AvgIpc) is 2.66. The van der Waals surface area contributed by atoms with Crippen molar-refractivity contribution >= 4 is 17.4 Å². The smallest absolute Gasteiger partial charge is 0.348 e. The van der Waals surface area contributed by atoms with E-state index in [9.17, 15) is 14.9 Å². The minimum atomic E-state index is -0.406. The summed E-state index contributed by atoms with van der Waals surface area (Å²) in [6.45, 7) is 0.533. The number of aromatic nitrogens is 2. The normalized spacial score (nSPS) is 13.4. The maximum absolute atomic E-state index is 12.4. The van der Waals surface area contributed by atoms with Crippen LogP contribution in [0.15, 0.2) is 34.1 Å². The van der Waals surface area contributed by atoms with Gasteiger partial charge >= 0.3 is 5.69 Å². The molecule has 2 aromatic rings. The number of nitro benzene ring substituents is 1. The summed E-state index contributed by atoms with van der Waals surface area (Å²) in [5, 5.41) is 20.7. The molecule has 1 aliphatic rings. The second-order valence-corrected chi connectivity index (χ2v) is 7.24. The highest BCUT2D eigenvalue weighted by Crippen LogP contribution is 2.31. The summed E-state index contributed by atoms with van der Waals surface area (Å²) in [5.74, 6) is 0.529. The lowest BCUT2D eigenvalue weighted by molar-refractivity contribution is -0.384. The van der Waals surface area contributed by atoms with Gasteiger partial charge in [0.25, 0.3) is 5.69 Å². The first kappa shape index (κ1) is 18.6. The number of thioether (sulfide) groups is 1. The van der Waals surface area contributed by atoms with E-state index in [4.69, 9.17) is 5.11 Å². The van der Waals surface area contributed by atoms with Gasteiger partial charge in [-0.25, -0.2) is 4.79 Å². The second kappa shape index (κ2) is 8.46. The van der Waals surface area contributed by atoms with Crippen LogP contribution in [-0.2, 0) is 25.1 Å². The van der Waals surface area contributed by atoms with Gasteiger partial charge < -0.3 is 5.11 Å². The van der Waals surface area contributed by atoms with Crippen LogP contribution in [0.5, 0.6) is 0 Å². The maximum Gasteiger partial charge on any atom is 0.348 e. The van der Waals surface area contributed by atoms with E-state index in [0.29, 0.717) is 18.7 Å². The zero-order valence-electron chi connectivity index (χ0n) is 14.4. The Hall–Kier alpha value is -2.19. The molecule has 0 unspecified atom stereocenters. The Morgan fingerprint density at radius 3 is 2.88 bits per heavy atom. The molecule has 0 saturated carbocycles. The third-order valence-electron chi connectivity index (χ3n) is 4.49. The van der Waals surface area contributed by atoms with Crippen LogP contribution in [0.25, 0.3) is 0 Å². The fourth-order valence-corrected chi connectivity index (χ4v) is 4.26. The van der Waals surface area contributed by atoms with E-state index in [1.165, 1.54) is 17.8 Å². The van der Waals surface area contributed by atoms with Crippen molar-refractivity contribution in [1.82, 2.24) is 9.55 Å². The molecular formula is C18H21N3O4S. The number of nitrogens with zero attached hydrogens (tertiary/aromatic N) is 3. The van der Waals surface area contributed by atoms with Crippen LogP contribution < -0.4 is 5.69 Å². The second-order valence-electron chi connectivity index (χ2n) is 6.28. The van der Waals surface area contributed by atoms with Gasteiger partial charge in [-0.1, -0.05) is 12.1 Å². The van der Waals surface area contributed by atoms with Crippen molar-refractivity contribution in [2.75, 3.05) is 6.61 Å². The summed E-state index contributed by atoms with van der Waals surface area (Å²) < 4.78 is 1.70. The standard InChI is InChI=1S/C18H21N3O4S/c22-10-4-9-20-16-8-2-1-7-15(16)17(19-18(20)23)26-12-13-5-3-6-14(11-13)21(24)25/h3,5-6,11,22H,1-2,4,7-10,12H2. The van der Waals surface area contributed by atoms with E-state index in [0.717, 1.165) is 47.5 Å². The van der Waals surface area contributed by atoms with Gasteiger partial charge in [-0.05, 0) is 37.7 Å². The highest BCUT2D eigenvalue weighted by Gasteiger charge is 2.20. The molecule has 1 aliphatic carbocycles. The zero-order chi connectivity index (χ0) is 18.5. The van der Waals surface area contributed by atoms with E-state index in [2.05, 4.69) is 4.98 Å². The fraction of sp³-hybridized carbons (Fsp3) is 0.444. The molecule has 1 aromatic heterocycles. The predicted octanol–water partition coefficient (Wildman–Crippen LogP) is 2.71. The highest BCUT2D eigenvalue weighted by atomic mass is 32.2. The first-order chi connectivity index (χ1) is 12.6. The lowest BCUT2D eigenvalue weighted by Gasteiger charge is -2.22. The van der Waals surface area contributed by atoms with Gasteiger partial charge in [0.2, 0.25) is 0 Å². The number of aliphatic hydroxyl groups excluding tert-OH is 1. The Morgan fingerprint density at radius 2 is 2.12 bits per heavy atom. The summed E-state index contributed by atoms with van der Waals surface area (Å²) in [6, 6.07) is 6.54. The maximum atomic E-state index is 12.4. The summed E-state index contributed by atoms with van der Waals surface area (Å²) in [6.07, 6.45) is 4.39. The average molecular weight is 375 g/mol. The molecule has 8 heteroatoms. The molecule has 1 N–H and O–H groups in total.